The first kappa shape index (κ1) is 21.0. The van der Waals surface area contributed by atoms with Crippen LogP contribution in [-0.2, 0) is 14.3 Å². The molecule has 2 aromatic heterocycles. The summed E-state index contributed by atoms with van der Waals surface area (Å²) in [6.07, 6.45) is 2.15. The van der Waals surface area contributed by atoms with Crippen LogP contribution >= 0.6 is 34.4 Å². The van der Waals surface area contributed by atoms with Gasteiger partial charge in [-0.05, 0) is 36.6 Å². The van der Waals surface area contributed by atoms with Crippen molar-refractivity contribution < 1.29 is 19.1 Å². The minimum Gasteiger partial charge on any atom is -0.462 e. The summed E-state index contributed by atoms with van der Waals surface area (Å²) in [5.41, 5.74) is 1.50. The van der Waals surface area contributed by atoms with Gasteiger partial charge in [0.2, 0.25) is 11.0 Å². The van der Waals surface area contributed by atoms with E-state index in [0.717, 1.165) is 18.4 Å². The summed E-state index contributed by atoms with van der Waals surface area (Å²) in [4.78, 5) is 24.7. The van der Waals surface area contributed by atoms with E-state index in [-0.39, 0.29) is 17.6 Å². The largest absolute Gasteiger partial charge is 0.462 e. The van der Waals surface area contributed by atoms with Crippen LogP contribution < -0.4 is 10.6 Å². The molecule has 0 unspecified atom stereocenters. The van der Waals surface area contributed by atoms with Crippen molar-refractivity contribution in [2.45, 2.75) is 30.0 Å². The second-order valence-electron chi connectivity index (χ2n) is 6.02. The maximum Gasteiger partial charge on any atom is 0.341 e. The third kappa shape index (κ3) is 5.66. The molecule has 1 aliphatic carbocycles. The number of methoxy groups -OCH3 is 1. The third-order valence-electron chi connectivity index (χ3n) is 3.88. The van der Waals surface area contributed by atoms with Crippen LogP contribution in [0.4, 0.5) is 10.1 Å². The number of nitrogens with zero attached hydrogens (tertiary/aromatic N) is 2. The fourth-order valence-electron chi connectivity index (χ4n) is 2.46. The van der Waals surface area contributed by atoms with E-state index in [1.165, 1.54) is 34.4 Å². The van der Waals surface area contributed by atoms with Gasteiger partial charge < -0.3 is 20.1 Å². The summed E-state index contributed by atoms with van der Waals surface area (Å²) in [6.45, 7) is 3.31. The van der Waals surface area contributed by atoms with Gasteiger partial charge in [-0.1, -0.05) is 23.1 Å². The molecule has 8 nitrogen and oxygen atoms in total. The number of rotatable bonds is 11. The van der Waals surface area contributed by atoms with E-state index in [2.05, 4.69) is 20.8 Å². The zero-order valence-electron chi connectivity index (χ0n) is 15.6. The van der Waals surface area contributed by atoms with Crippen molar-refractivity contribution in [3.63, 3.8) is 0 Å². The highest BCUT2D eigenvalue weighted by molar-refractivity contribution is 8.01. The van der Waals surface area contributed by atoms with Gasteiger partial charge in [0.05, 0.1) is 24.5 Å². The van der Waals surface area contributed by atoms with Crippen LogP contribution in [0.15, 0.2) is 9.72 Å². The fourth-order valence-corrected chi connectivity index (χ4v) is 5.09. The molecular weight excluding hydrogens is 420 g/mol. The Morgan fingerprint density at radius 3 is 2.89 bits per heavy atom. The quantitative estimate of drug-likeness (QED) is 0.310. The minimum atomic E-state index is -0.371. The van der Waals surface area contributed by atoms with E-state index >= 15 is 0 Å². The first-order valence-electron chi connectivity index (χ1n) is 8.89. The fraction of sp³-hybridized carbons (Fsp3) is 0.529. The van der Waals surface area contributed by atoms with Crippen molar-refractivity contribution in [3.05, 3.63) is 16.5 Å². The summed E-state index contributed by atoms with van der Waals surface area (Å²) in [6, 6.07) is 0. The Hall–Kier alpha value is -1.69. The van der Waals surface area contributed by atoms with E-state index in [1.54, 1.807) is 14.0 Å². The molecule has 0 saturated heterocycles. The molecule has 0 aliphatic heterocycles. The van der Waals surface area contributed by atoms with E-state index in [9.17, 15) is 9.59 Å². The van der Waals surface area contributed by atoms with E-state index in [1.807, 2.05) is 5.38 Å². The number of hydrogen-bond acceptors (Lipinski definition) is 10. The zero-order chi connectivity index (χ0) is 19.9. The number of thiophene rings is 1. The van der Waals surface area contributed by atoms with Gasteiger partial charge >= 0.3 is 5.97 Å². The number of aromatic nitrogens is 2. The van der Waals surface area contributed by atoms with Gasteiger partial charge in [0, 0.05) is 13.7 Å². The number of hydrogen-bond donors (Lipinski definition) is 2. The molecule has 152 valence electrons. The van der Waals surface area contributed by atoms with E-state index in [4.69, 9.17) is 9.47 Å². The molecule has 1 fully saturated rings. The highest BCUT2D eigenvalue weighted by Crippen LogP contribution is 2.46. The Bertz CT molecular complexity index is 819. The van der Waals surface area contributed by atoms with Crippen LogP contribution in [0.3, 0.4) is 0 Å². The van der Waals surface area contributed by atoms with Crippen LogP contribution in [0.25, 0.3) is 0 Å². The van der Waals surface area contributed by atoms with Crippen molar-refractivity contribution in [1.29, 1.82) is 0 Å². The average Bonchev–Trinajstić information content (AvgIpc) is 3.28. The first-order valence-corrected chi connectivity index (χ1v) is 11.6. The molecule has 2 aromatic rings. The van der Waals surface area contributed by atoms with Gasteiger partial charge in [-0.3, -0.25) is 4.79 Å². The van der Waals surface area contributed by atoms with Crippen molar-refractivity contribution in [1.82, 2.24) is 10.2 Å². The number of thioether (sulfide) groups is 1. The normalized spacial score (nSPS) is 13.4. The monoisotopic (exact) mass is 442 g/mol. The number of esters is 1. The molecule has 0 spiro atoms. The lowest BCUT2D eigenvalue weighted by molar-refractivity contribution is -0.113. The Kier molecular flexibility index (Phi) is 7.65. The predicted molar refractivity (Wildman–Crippen MR) is 112 cm³/mol. The Balaban J connectivity index is 1.55. The van der Waals surface area contributed by atoms with Gasteiger partial charge in [-0.2, -0.15) is 0 Å². The van der Waals surface area contributed by atoms with Crippen molar-refractivity contribution in [2.75, 3.05) is 43.3 Å². The average molecular weight is 443 g/mol. The standard InChI is InChI=1S/C17H22N4O4S3/c1-3-25-15(23)13-11(10-4-5-10)8-26-14(13)19-12(22)9-27-17-21-20-16(28-17)18-6-7-24-2/h8,10H,3-7,9H2,1-2H3,(H,18,20)(H,19,22). The molecule has 0 bridgehead atoms. The highest BCUT2D eigenvalue weighted by atomic mass is 32.2. The van der Waals surface area contributed by atoms with Crippen molar-refractivity contribution >= 4 is 56.4 Å². The predicted octanol–water partition coefficient (Wildman–Crippen LogP) is 3.44. The van der Waals surface area contributed by atoms with Crippen molar-refractivity contribution in [2.24, 2.45) is 0 Å². The van der Waals surface area contributed by atoms with Crippen LogP contribution in [0, 0.1) is 0 Å². The Morgan fingerprint density at radius 2 is 2.18 bits per heavy atom. The molecule has 28 heavy (non-hydrogen) atoms. The summed E-state index contributed by atoms with van der Waals surface area (Å²) in [7, 11) is 1.64. The second kappa shape index (κ2) is 10.2. The third-order valence-corrected chi connectivity index (χ3v) is 6.81. The molecule has 0 radical (unpaired) electrons. The van der Waals surface area contributed by atoms with Crippen molar-refractivity contribution in [3.8, 4) is 0 Å². The lowest BCUT2D eigenvalue weighted by Gasteiger charge is -2.07. The SMILES string of the molecule is CCOC(=O)c1c(C2CC2)csc1NC(=O)CSc1nnc(NCCOC)s1. The van der Waals surface area contributed by atoms with E-state index in [0.29, 0.717) is 45.7 Å². The summed E-state index contributed by atoms with van der Waals surface area (Å²) >= 11 is 4.07. The molecule has 0 atom stereocenters. The molecule has 1 saturated carbocycles. The smallest absolute Gasteiger partial charge is 0.341 e. The zero-order valence-corrected chi connectivity index (χ0v) is 18.1. The number of nitrogens with one attached hydrogen (secondary N) is 2. The molecule has 3 rings (SSSR count). The molecule has 2 heterocycles. The van der Waals surface area contributed by atoms with Gasteiger partial charge in [0.1, 0.15) is 5.00 Å². The molecule has 1 aliphatic rings. The van der Waals surface area contributed by atoms with Crippen LogP contribution in [0.2, 0.25) is 0 Å². The van der Waals surface area contributed by atoms with Crippen LogP contribution in [0.1, 0.15) is 41.6 Å². The summed E-state index contributed by atoms with van der Waals surface area (Å²) < 4.78 is 10.8. The number of carbonyl (C=O) groups excluding carboxylic acids is 2. The second-order valence-corrected chi connectivity index (χ2v) is 9.10. The topological polar surface area (TPSA) is 102 Å². The maximum absolute atomic E-state index is 12.4. The summed E-state index contributed by atoms with van der Waals surface area (Å²) in [5.74, 6) is 0.0282. The Labute approximate surface area is 175 Å². The molecule has 1 amide bonds. The van der Waals surface area contributed by atoms with Gasteiger partial charge in [0.25, 0.3) is 0 Å². The molecule has 0 aromatic carbocycles. The molecule has 2 N–H and O–H groups in total. The summed E-state index contributed by atoms with van der Waals surface area (Å²) in [5, 5.41) is 17.2. The van der Waals surface area contributed by atoms with Crippen LogP contribution in [0.5, 0.6) is 0 Å². The van der Waals surface area contributed by atoms with Crippen LogP contribution in [-0.4, -0.2) is 54.7 Å². The lowest BCUT2D eigenvalue weighted by Crippen LogP contribution is -2.16. The first-order chi connectivity index (χ1) is 13.6. The highest BCUT2D eigenvalue weighted by Gasteiger charge is 2.32. The number of carbonyl (C=O) groups is 2. The number of amides is 1. The van der Waals surface area contributed by atoms with Gasteiger partial charge in [-0.15, -0.1) is 21.5 Å². The number of ether oxygens (including phenoxy) is 2. The molecule has 11 heteroatoms. The van der Waals surface area contributed by atoms with Gasteiger partial charge in [0.15, 0.2) is 4.34 Å². The maximum atomic E-state index is 12.4. The molecular formula is C17H22N4O4S3. The Morgan fingerprint density at radius 1 is 1.36 bits per heavy atom. The van der Waals surface area contributed by atoms with E-state index < -0.39 is 0 Å². The number of anilines is 2. The lowest BCUT2D eigenvalue weighted by atomic mass is 10.1. The minimum absolute atomic E-state index is 0.186. The van der Waals surface area contributed by atoms with Gasteiger partial charge in [-0.25, -0.2) is 4.79 Å².